The van der Waals surface area contributed by atoms with Crippen LogP contribution in [0.15, 0.2) is 17.3 Å². The van der Waals surface area contributed by atoms with Crippen LogP contribution in [0.4, 0.5) is 0 Å². The molecular weight excluding hydrogens is 200 g/mol. The van der Waals surface area contributed by atoms with Crippen molar-refractivity contribution in [2.75, 3.05) is 6.54 Å². The fraction of sp³-hybridized carbons (Fsp3) is 0.583. The van der Waals surface area contributed by atoms with E-state index in [9.17, 15) is 0 Å². The standard InChI is InChI=1S/C12H18N4/c1-10-13-8-6-11(16-10)9-15-12-5-3-2-4-7-14-12/h6,8H,2-5,7,9H2,1H3,(H,14,15). The minimum absolute atomic E-state index is 0.752. The largest absolute Gasteiger partial charge is 0.368 e. The molecule has 0 aliphatic carbocycles. The second-order valence-electron chi connectivity index (χ2n) is 4.09. The van der Waals surface area contributed by atoms with E-state index >= 15 is 0 Å². The van der Waals surface area contributed by atoms with Crippen LogP contribution in [-0.4, -0.2) is 22.3 Å². The minimum Gasteiger partial charge on any atom is -0.368 e. The third-order valence-electron chi connectivity index (χ3n) is 2.68. The van der Waals surface area contributed by atoms with Gasteiger partial charge in [0.2, 0.25) is 0 Å². The van der Waals surface area contributed by atoms with Crippen molar-refractivity contribution in [3.63, 3.8) is 0 Å². The Morgan fingerprint density at radius 2 is 2.25 bits per heavy atom. The van der Waals surface area contributed by atoms with Crippen molar-refractivity contribution in [2.45, 2.75) is 39.2 Å². The Hall–Kier alpha value is -1.45. The lowest BCUT2D eigenvalue weighted by Crippen LogP contribution is -2.23. The van der Waals surface area contributed by atoms with Gasteiger partial charge in [0.05, 0.1) is 18.1 Å². The molecule has 0 saturated heterocycles. The molecule has 1 aliphatic rings. The van der Waals surface area contributed by atoms with E-state index in [0.29, 0.717) is 0 Å². The topological polar surface area (TPSA) is 50.2 Å². The smallest absolute Gasteiger partial charge is 0.125 e. The minimum atomic E-state index is 0.752. The molecule has 1 aliphatic heterocycles. The van der Waals surface area contributed by atoms with Gasteiger partial charge in [-0.1, -0.05) is 6.42 Å². The van der Waals surface area contributed by atoms with Gasteiger partial charge in [-0.05, 0) is 25.8 Å². The van der Waals surface area contributed by atoms with Crippen LogP contribution >= 0.6 is 0 Å². The first-order valence-electron chi connectivity index (χ1n) is 5.90. The lowest BCUT2D eigenvalue weighted by atomic mass is 10.2. The average molecular weight is 218 g/mol. The number of amidine groups is 1. The van der Waals surface area contributed by atoms with Crippen LogP contribution in [-0.2, 0) is 6.54 Å². The van der Waals surface area contributed by atoms with Crippen LogP contribution in [0.1, 0.15) is 37.2 Å². The van der Waals surface area contributed by atoms with Crippen molar-refractivity contribution in [1.29, 1.82) is 0 Å². The molecule has 1 aromatic rings. The number of aliphatic imine (C=N–C) groups is 1. The summed E-state index contributed by atoms with van der Waals surface area (Å²) < 4.78 is 0. The molecule has 1 N–H and O–H groups in total. The number of nitrogens with zero attached hydrogens (tertiary/aromatic N) is 3. The van der Waals surface area contributed by atoms with Crippen LogP contribution in [0.25, 0.3) is 0 Å². The SMILES string of the molecule is Cc1nccc(CNC2=NCCCCC2)n1. The van der Waals surface area contributed by atoms with Crippen molar-refractivity contribution >= 4 is 5.84 Å². The summed E-state index contributed by atoms with van der Waals surface area (Å²) in [4.78, 5) is 13.0. The molecule has 4 nitrogen and oxygen atoms in total. The maximum atomic E-state index is 4.52. The molecule has 0 amide bonds. The molecule has 4 heteroatoms. The van der Waals surface area contributed by atoms with Crippen molar-refractivity contribution in [3.8, 4) is 0 Å². The molecule has 2 heterocycles. The van der Waals surface area contributed by atoms with E-state index in [2.05, 4.69) is 20.3 Å². The maximum absolute atomic E-state index is 4.52. The quantitative estimate of drug-likeness (QED) is 0.824. The summed E-state index contributed by atoms with van der Waals surface area (Å²) in [5.74, 6) is 1.95. The molecule has 1 aromatic heterocycles. The molecule has 0 bridgehead atoms. The Bertz CT molecular complexity index is 373. The molecule has 2 rings (SSSR count). The van der Waals surface area contributed by atoms with Crippen LogP contribution < -0.4 is 5.32 Å². The highest BCUT2D eigenvalue weighted by Gasteiger charge is 2.04. The number of aromatic nitrogens is 2. The highest BCUT2D eigenvalue weighted by Crippen LogP contribution is 2.06. The first-order chi connectivity index (χ1) is 7.84. The van der Waals surface area contributed by atoms with Gasteiger partial charge in [-0.3, -0.25) is 4.99 Å². The van der Waals surface area contributed by atoms with E-state index in [4.69, 9.17) is 0 Å². The molecule has 16 heavy (non-hydrogen) atoms. The molecule has 0 radical (unpaired) electrons. The normalized spacial score (nSPS) is 16.4. The van der Waals surface area contributed by atoms with E-state index in [0.717, 1.165) is 36.9 Å². The fourth-order valence-electron chi connectivity index (χ4n) is 1.81. The van der Waals surface area contributed by atoms with Gasteiger partial charge in [-0.25, -0.2) is 9.97 Å². The molecule has 0 spiro atoms. The lowest BCUT2D eigenvalue weighted by Gasteiger charge is -2.07. The van der Waals surface area contributed by atoms with E-state index in [1.807, 2.05) is 13.0 Å². The second kappa shape index (κ2) is 5.58. The first kappa shape index (κ1) is 11.0. The number of hydrogen-bond acceptors (Lipinski definition) is 4. The van der Waals surface area contributed by atoms with Crippen LogP contribution in [0.2, 0.25) is 0 Å². The molecule has 0 saturated carbocycles. The van der Waals surface area contributed by atoms with E-state index < -0.39 is 0 Å². The summed E-state index contributed by atoms with van der Waals surface area (Å²) in [5.41, 5.74) is 1.03. The zero-order chi connectivity index (χ0) is 11.2. The lowest BCUT2D eigenvalue weighted by molar-refractivity contribution is 0.727. The third-order valence-corrected chi connectivity index (χ3v) is 2.68. The molecule has 0 unspecified atom stereocenters. The van der Waals surface area contributed by atoms with Crippen LogP contribution in [0.5, 0.6) is 0 Å². The molecule has 0 atom stereocenters. The van der Waals surface area contributed by atoms with Gasteiger partial charge in [-0.15, -0.1) is 0 Å². The third kappa shape index (κ3) is 3.29. The van der Waals surface area contributed by atoms with E-state index in [1.54, 1.807) is 6.20 Å². The van der Waals surface area contributed by atoms with Gasteiger partial charge in [0.15, 0.2) is 0 Å². The van der Waals surface area contributed by atoms with Crippen molar-refractivity contribution in [1.82, 2.24) is 15.3 Å². The van der Waals surface area contributed by atoms with Gasteiger partial charge in [0.25, 0.3) is 0 Å². The molecular formula is C12H18N4. The second-order valence-corrected chi connectivity index (χ2v) is 4.09. The van der Waals surface area contributed by atoms with Crippen molar-refractivity contribution in [2.24, 2.45) is 4.99 Å². The van der Waals surface area contributed by atoms with Gasteiger partial charge in [-0.2, -0.15) is 0 Å². The monoisotopic (exact) mass is 218 g/mol. The number of nitrogens with one attached hydrogen (secondary N) is 1. The van der Waals surface area contributed by atoms with Gasteiger partial charge in [0, 0.05) is 19.2 Å². The zero-order valence-corrected chi connectivity index (χ0v) is 9.74. The Morgan fingerprint density at radius 3 is 3.12 bits per heavy atom. The molecule has 0 aromatic carbocycles. The summed E-state index contributed by atoms with van der Waals surface area (Å²) in [6.45, 7) is 3.62. The van der Waals surface area contributed by atoms with Crippen LogP contribution in [0.3, 0.4) is 0 Å². The summed E-state index contributed by atoms with van der Waals surface area (Å²) in [6, 6.07) is 1.94. The summed E-state index contributed by atoms with van der Waals surface area (Å²) in [6.07, 6.45) is 6.63. The molecule has 0 fully saturated rings. The van der Waals surface area contributed by atoms with Gasteiger partial charge >= 0.3 is 0 Å². The Labute approximate surface area is 96.2 Å². The highest BCUT2D eigenvalue weighted by molar-refractivity contribution is 5.82. The first-order valence-corrected chi connectivity index (χ1v) is 5.90. The van der Waals surface area contributed by atoms with Gasteiger partial charge in [0.1, 0.15) is 5.82 Å². The average Bonchev–Trinajstić information content (AvgIpc) is 2.55. The van der Waals surface area contributed by atoms with E-state index in [-0.39, 0.29) is 0 Å². The van der Waals surface area contributed by atoms with E-state index in [1.165, 1.54) is 19.3 Å². The number of aryl methyl sites for hydroxylation is 1. The predicted octanol–water partition coefficient (Wildman–Crippen LogP) is 1.85. The maximum Gasteiger partial charge on any atom is 0.125 e. The predicted molar refractivity (Wildman–Crippen MR) is 64.4 cm³/mol. The summed E-state index contributed by atoms with van der Waals surface area (Å²) in [5, 5.41) is 3.36. The van der Waals surface area contributed by atoms with Crippen LogP contribution in [0, 0.1) is 6.92 Å². The molecule has 86 valence electrons. The Kier molecular flexibility index (Phi) is 3.86. The summed E-state index contributed by atoms with van der Waals surface area (Å²) in [7, 11) is 0. The Balaban J connectivity index is 1.89. The van der Waals surface area contributed by atoms with Gasteiger partial charge < -0.3 is 5.32 Å². The van der Waals surface area contributed by atoms with Crippen molar-refractivity contribution in [3.05, 3.63) is 23.8 Å². The Morgan fingerprint density at radius 1 is 1.31 bits per heavy atom. The fourth-order valence-corrected chi connectivity index (χ4v) is 1.81. The zero-order valence-electron chi connectivity index (χ0n) is 9.74. The number of rotatable bonds is 2. The number of hydrogen-bond donors (Lipinski definition) is 1. The highest BCUT2D eigenvalue weighted by atomic mass is 15.0. The summed E-state index contributed by atoms with van der Waals surface area (Å²) >= 11 is 0. The van der Waals surface area contributed by atoms with Crippen molar-refractivity contribution < 1.29 is 0 Å².